The monoisotopic (exact) mass is 366 g/mol. The summed E-state index contributed by atoms with van der Waals surface area (Å²) in [7, 11) is 0. The molecule has 0 unspecified atom stereocenters. The Morgan fingerprint density at radius 1 is 1.26 bits per heavy atom. The summed E-state index contributed by atoms with van der Waals surface area (Å²) in [6, 6.07) is 8.06. The van der Waals surface area contributed by atoms with Crippen LogP contribution in [-0.4, -0.2) is 56.4 Å². The number of aryl methyl sites for hydroxylation is 2. The van der Waals surface area contributed by atoms with E-state index in [4.69, 9.17) is 4.74 Å². The van der Waals surface area contributed by atoms with Crippen molar-refractivity contribution in [3.8, 4) is 5.75 Å². The Morgan fingerprint density at radius 3 is 2.93 bits per heavy atom. The summed E-state index contributed by atoms with van der Waals surface area (Å²) in [4.78, 5) is 10.8. The Bertz CT molecular complexity index is 909. The number of hydrogen-bond acceptors (Lipinski definition) is 5. The van der Waals surface area contributed by atoms with Gasteiger partial charge in [0.15, 0.2) is 0 Å². The molecular weight excluding hydrogens is 340 g/mol. The highest BCUT2D eigenvalue weighted by molar-refractivity contribution is 5.77. The summed E-state index contributed by atoms with van der Waals surface area (Å²) in [5, 5.41) is 10.6. The molecule has 1 aromatic carbocycles. The van der Waals surface area contributed by atoms with Crippen molar-refractivity contribution >= 4 is 11.0 Å². The molecule has 1 fully saturated rings. The van der Waals surface area contributed by atoms with Gasteiger partial charge in [-0.2, -0.15) is 0 Å². The summed E-state index contributed by atoms with van der Waals surface area (Å²) in [6.45, 7) is 7.15. The van der Waals surface area contributed by atoms with Gasteiger partial charge in [0, 0.05) is 25.8 Å². The summed E-state index contributed by atoms with van der Waals surface area (Å²) < 4.78 is 8.02. The molecule has 0 spiro atoms. The maximum atomic E-state index is 10.6. The van der Waals surface area contributed by atoms with Crippen LogP contribution in [0.3, 0.4) is 0 Å². The molecular formula is C21H26N4O2. The second kappa shape index (κ2) is 7.66. The van der Waals surface area contributed by atoms with Gasteiger partial charge in [0.05, 0.1) is 36.2 Å². The lowest BCUT2D eigenvalue weighted by atomic mass is 10.1. The van der Waals surface area contributed by atoms with Crippen LogP contribution in [0.4, 0.5) is 0 Å². The van der Waals surface area contributed by atoms with Gasteiger partial charge in [-0.25, -0.2) is 4.98 Å². The van der Waals surface area contributed by atoms with Crippen molar-refractivity contribution < 1.29 is 9.84 Å². The predicted molar refractivity (Wildman–Crippen MR) is 105 cm³/mol. The number of hydrogen-bond donors (Lipinski definition) is 1. The van der Waals surface area contributed by atoms with Crippen molar-refractivity contribution in [3.05, 3.63) is 54.1 Å². The lowest BCUT2D eigenvalue weighted by Crippen LogP contribution is -2.34. The number of likely N-dealkylation sites (tertiary alicyclic amines) is 1. The summed E-state index contributed by atoms with van der Waals surface area (Å²) >= 11 is 0. The van der Waals surface area contributed by atoms with Gasteiger partial charge < -0.3 is 14.4 Å². The van der Waals surface area contributed by atoms with Crippen LogP contribution in [0, 0.1) is 13.8 Å². The van der Waals surface area contributed by atoms with Crippen molar-refractivity contribution in [2.24, 2.45) is 0 Å². The van der Waals surface area contributed by atoms with Crippen LogP contribution >= 0.6 is 0 Å². The molecule has 0 amide bonds. The van der Waals surface area contributed by atoms with E-state index in [1.165, 1.54) is 11.1 Å². The topological polar surface area (TPSA) is 63.4 Å². The van der Waals surface area contributed by atoms with Crippen LogP contribution in [0.15, 0.2) is 43.0 Å². The molecule has 142 valence electrons. The number of ether oxygens (including phenoxy) is 1. The molecule has 2 atom stereocenters. The Hall–Kier alpha value is -2.44. The maximum Gasteiger partial charge on any atom is 0.138 e. The van der Waals surface area contributed by atoms with Crippen molar-refractivity contribution in [3.63, 3.8) is 0 Å². The van der Waals surface area contributed by atoms with Gasteiger partial charge in [-0.3, -0.25) is 9.88 Å². The summed E-state index contributed by atoms with van der Waals surface area (Å²) in [5.74, 6) is 0.806. The fourth-order valence-electron chi connectivity index (χ4n) is 3.71. The molecule has 1 aliphatic heterocycles. The first kappa shape index (κ1) is 17.9. The number of fused-ring (bicyclic) bond motifs is 1. The first-order valence-corrected chi connectivity index (χ1v) is 9.47. The molecule has 4 rings (SSSR count). The third kappa shape index (κ3) is 4.12. The van der Waals surface area contributed by atoms with Gasteiger partial charge in [0.2, 0.25) is 0 Å². The van der Waals surface area contributed by atoms with Gasteiger partial charge >= 0.3 is 0 Å². The summed E-state index contributed by atoms with van der Waals surface area (Å²) in [6.07, 6.45) is 5.99. The smallest absolute Gasteiger partial charge is 0.138 e. The first-order valence-electron chi connectivity index (χ1n) is 9.47. The number of benzene rings is 1. The lowest BCUT2D eigenvalue weighted by Gasteiger charge is -2.21. The normalized spacial score (nSPS) is 18.9. The van der Waals surface area contributed by atoms with E-state index >= 15 is 0 Å². The van der Waals surface area contributed by atoms with Gasteiger partial charge in [-0.15, -0.1) is 0 Å². The van der Waals surface area contributed by atoms with E-state index in [1.54, 1.807) is 12.4 Å². The largest absolute Gasteiger partial charge is 0.487 e. The van der Waals surface area contributed by atoms with Crippen molar-refractivity contribution in [1.82, 2.24) is 19.4 Å². The Morgan fingerprint density at radius 2 is 2.11 bits per heavy atom. The number of imidazole rings is 1. The minimum absolute atomic E-state index is 0.154. The third-order valence-electron chi connectivity index (χ3n) is 5.28. The zero-order chi connectivity index (χ0) is 18.8. The lowest BCUT2D eigenvalue weighted by molar-refractivity contribution is 0.103. The SMILES string of the molecule is Cc1cc2ncn(C[C@H](O)CN3CC[C@@H](Oc4cccnc4)C3)c2cc1C. The van der Waals surface area contributed by atoms with Crippen LogP contribution in [0.5, 0.6) is 5.75 Å². The highest BCUT2D eigenvalue weighted by Crippen LogP contribution is 2.20. The number of aliphatic hydroxyl groups is 1. The maximum absolute atomic E-state index is 10.6. The van der Waals surface area contributed by atoms with Crippen LogP contribution < -0.4 is 4.74 Å². The zero-order valence-corrected chi connectivity index (χ0v) is 15.9. The second-order valence-electron chi connectivity index (χ2n) is 7.45. The van der Waals surface area contributed by atoms with Crippen LogP contribution in [0.2, 0.25) is 0 Å². The molecule has 0 radical (unpaired) electrons. The highest BCUT2D eigenvalue weighted by Gasteiger charge is 2.25. The van der Waals surface area contributed by atoms with E-state index in [2.05, 4.69) is 40.8 Å². The van der Waals surface area contributed by atoms with Crippen LogP contribution in [-0.2, 0) is 6.54 Å². The Balaban J connectivity index is 1.33. The summed E-state index contributed by atoms with van der Waals surface area (Å²) in [5.41, 5.74) is 4.55. The molecule has 0 aliphatic carbocycles. The molecule has 6 nitrogen and oxygen atoms in total. The Labute approximate surface area is 159 Å². The first-order chi connectivity index (χ1) is 13.1. The quantitative estimate of drug-likeness (QED) is 0.726. The van der Waals surface area contributed by atoms with Gasteiger partial charge in [0.1, 0.15) is 11.9 Å². The third-order valence-corrected chi connectivity index (χ3v) is 5.28. The molecule has 3 heterocycles. The average molecular weight is 366 g/mol. The number of aromatic nitrogens is 3. The zero-order valence-electron chi connectivity index (χ0n) is 15.9. The van der Waals surface area contributed by atoms with E-state index in [0.29, 0.717) is 13.1 Å². The number of pyridine rings is 1. The standard InChI is InChI=1S/C21H26N4O2/c1-15-8-20-21(9-16(15)2)25(14-23-20)12-17(26)11-24-7-5-19(13-24)27-18-4-3-6-22-10-18/h3-4,6,8-10,14,17,19,26H,5,7,11-13H2,1-2H3/t17-,19-/m1/s1. The van der Waals surface area contributed by atoms with Crippen LogP contribution in [0.1, 0.15) is 17.5 Å². The average Bonchev–Trinajstić information content (AvgIpc) is 3.24. The molecule has 1 aliphatic rings. The molecule has 6 heteroatoms. The fraction of sp³-hybridized carbons (Fsp3) is 0.429. The van der Waals surface area contributed by atoms with E-state index in [-0.39, 0.29) is 6.10 Å². The second-order valence-corrected chi connectivity index (χ2v) is 7.45. The number of nitrogens with zero attached hydrogens (tertiary/aromatic N) is 4. The van der Waals surface area contributed by atoms with E-state index in [0.717, 1.165) is 36.3 Å². The molecule has 27 heavy (non-hydrogen) atoms. The number of aliphatic hydroxyl groups excluding tert-OH is 1. The molecule has 1 saturated heterocycles. The van der Waals surface area contributed by atoms with E-state index in [1.807, 2.05) is 23.0 Å². The number of β-amino-alcohol motifs (C(OH)–C–C–N with tert-alkyl or cyclic N) is 1. The molecule has 0 saturated carbocycles. The van der Waals surface area contributed by atoms with Gasteiger partial charge in [-0.1, -0.05) is 0 Å². The van der Waals surface area contributed by atoms with Crippen molar-refractivity contribution in [2.45, 2.75) is 39.0 Å². The molecule has 3 aromatic rings. The molecule has 2 aromatic heterocycles. The van der Waals surface area contributed by atoms with Crippen molar-refractivity contribution in [1.29, 1.82) is 0 Å². The number of rotatable bonds is 6. The predicted octanol–water partition coefficient (Wildman–Crippen LogP) is 2.56. The fourth-order valence-corrected chi connectivity index (χ4v) is 3.71. The minimum Gasteiger partial charge on any atom is -0.487 e. The van der Waals surface area contributed by atoms with E-state index in [9.17, 15) is 5.11 Å². The Kier molecular flexibility index (Phi) is 5.09. The minimum atomic E-state index is -0.443. The van der Waals surface area contributed by atoms with Gasteiger partial charge in [-0.05, 0) is 55.7 Å². The van der Waals surface area contributed by atoms with E-state index < -0.39 is 6.10 Å². The van der Waals surface area contributed by atoms with Gasteiger partial charge in [0.25, 0.3) is 0 Å². The molecule has 1 N–H and O–H groups in total. The highest BCUT2D eigenvalue weighted by atomic mass is 16.5. The van der Waals surface area contributed by atoms with Crippen LogP contribution in [0.25, 0.3) is 11.0 Å². The van der Waals surface area contributed by atoms with Crippen molar-refractivity contribution in [2.75, 3.05) is 19.6 Å². The molecule has 0 bridgehead atoms.